The van der Waals surface area contributed by atoms with E-state index in [-0.39, 0.29) is 0 Å². The molecular weight excluding hydrogens is 344 g/mol. The summed E-state index contributed by atoms with van der Waals surface area (Å²) >= 11 is 10.1. The number of rotatable bonds is 8. The van der Waals surface area contributed by atoms with E-state index in [1.807, 2.05) is 0 Å². The number of hydrogen-bond acceptors (Lipinski definition) is 0. The van der Waals surface area contributed by atoms with Crippen LogP contribution in [-0.2, 0) is 6.42 Å². The SMILES string of the molecule is C=C(CC)CC(C)C(=C)c1cc(Cl)c(CCCC)c(Br)c1. The average molecular weight is 370 g/mol. The van der Waals surface area contributed by atoms with Gasteiger partial charge in [0.25, 0.3) is 0 Å². The molecule has 0 aliphatic carbocycles. The molecule has 0 aliphatic heterocycles. The minimum Gasteiger partial charge on any atom is -0.0999 e. The average Bonchev–Trinajstić information content (AvgIpc) is 2.45. The number of halogens is 2. The molecule has 1 atom stereocenters. The first-order chi connectivity index (χ1) is 9.90. The fourth-order valence-corrected chi connectivity index (χ4v) is 3.45. The molecule has 116 valence electrons. The molecule has 0 bridgehead atoms. The van der Waals surface area contributed by atoms with Crippen molar-refractivity contribution < 1.29 is 0 Å². The van der Waals surface area contributed by atoms with Crippen LogP contribution in [0.15, 0.2) is 35.3 Å². The van der Waals surface area contributed by atoms with Crippen LogP contribution in [0.2, 0.25) is 5.02 Å². The highest BCUT2D eigenvalue weighted by Crippen LogP contribution is 2.34. The molecule has 0 aromatic heterocycles. The molecule has 21 heavy (non-hydrogen) atoms. The van der Waals surface area contributed by atoms with Gasteiger partial charge in [0, 0.05) is 9.50 Å². The molecular formula is C19H26BrCl. The summed E-state index contributed by atoms with van der Waals surface area (Å²) < 4.78 is 1.10. The van der Waals surface area contributed by atoms with Crippen LogP contribution in [0.4, 0.5) is 0 Å². The van der Waals surface area contributed by atoms with Gasteiger partial charge in [-0.05, 0) is 60.4 Å². The van der Waals surface area contributed by atoms with Gasteiger partial charge in [0.2, 0.25) is 0 Å². The third-order valence-electron chi connectivity index (χ3n) is 3.98. The molecule has 1 rings (SSSR count). The van der Waals surface area contributed by atoms with Crippen molar-refractivity contribution in [1.29, 1.82) is 0 Å². The number of allylic oxidation sites excluding steroid dienone is 2. The molecule has 0 N–H and O–H groups in total. The van der Waals surface area contributed by atoms with Gasteiger partial charge in [0.05, 0.1) is 0 Å². The van der Waals surface area contributed by atoms with E-state index >= 15 is 0 Å². The number of benzene rings is 1. The van der Waals surface area contributed by atoms with Crippen molar-refractivity contribution in [2.75, 3.05) is 0 Å². The first-order valence-corrected chi connectivity index (χ1v) is 8.91. The van der Waals surface area contributed by atoms with E-state index in [1.54, 1.807) is 0 Å². The van der Waals surface area contributed by atoms with E-state index in [2.05, 4.69) is 62.0 Å². The van der Waals surface area contributed by atoms with E-state index < -0.39 is 0 Å². The van der Waals surface area contributed by atoms with Gasteiger partial charge in [-0.2, -0.15) is 0 Å². The van der Waals surface area contributed by atoms with Gasteiger partial charge in [-0.15, -0.1) is 0 Å². The Balaban J connectivity index is 2.93. The highest BCUT2D eigenvalue weighted by molar-refractivity contribution is 9.10. The summed E-state index contributed by atoms with van der Waals surface area (Å²) in [6.07, 6.45) is 5.36. The molecule has 0 aliphatic rings. The largest absolute Gasteiger partial charge is 0.0999 e. The van der Waals surface area contributed by atoms with Crippen LogP contribution >= 0.6 is 27.5 Å². The molecule has 1 unspecified atom stereocenters. The second-order valence-corrected chi connectivity index (χ2v) is 7.02. The van der Waals surface area contributed by atoms with Gasteiger partial charge in [-0.25, -0.2) is 0 Å². The molecule has 0 saturated carbocycles. The topological polar surface area (TPSA) is 0 Å². The molecule has 1 aromatic rings. The molecule has 0 fully saturated rings. The molecule has 1 aromatic carbocycles. The van der Waals surface area contributed by atoms with Gasteiger partial charge in [-0.3, -0.25) is 0 Å². The van der Waals surface area contributed by atoms with Crippen molar-refractivity contribution in [2.45, 2.75) is 52.9 Å². The Bertz CT molecular complexity index is 493. The van der Waals surface area contributed by atoms with Crippen molar-refractivity contribution >= 4 is 33.1 Å². The van der Waals surface area contributed by atoms with Crippen molar-refractivity contribution in [3.8, 4) is 0 Å². The Morgan fingerprint density at radius 2 is 1.95 bits per heavy atom. The van der Waals surface area contributed by atoms with Crippen LogP contribution in [0.1, 0.15) is 57.6 Å². The molecule has 2 heteroatoms. The Morgan fingerprint density at radius 1 is 1.29 bits per heavy atom. The predicted molar refractivity (Wildman–Crippen MR) is 100 cm³/mol. The Labute approximate surface area is 143 Å². The van der Waals surface area contributed by atoms with E-state index in [1.165, 1.54) is 17.6 Å². The highest BCUT2D eigenvalue weighted by Gasteiger charge is 2.14. The zero-order chi connectivity index (χ0) is 16.0. The van der Waals surface area contributed by atoms with Gasteiger partial charge in [0.15, 0.2) is 0 Å². The Kier molecular flexibility index (Phi) is 7.76. The predicted octanol–water partition coefficient (Wildman–Crippen LogP) is 7.45. The quantitative estimate of drug-likeness (QED) is 0.417. The summed E-state index contributed by atoms with van der Waals surface area (Å²) in [5, 5.41) is 0.843. The van der Waals surface area contributed by atoms with E-state index in [0.29, 0.717) is 5.92 Å². The minimum absolute atomic E-state index is 0.391. The Hall–Kier alpha value is -0.530. The van der Waals surface area contributed by atoms with Crippen LogP contribution in [0.5, 0.6) is 0 Å². The second kappa shape index (κ2) is 8.80. The monoisotopic (exact) mass is 368 g/mol. The van der Waals surface area contributed by atoms with Crippen LogP contribution in [0.25, 0.3) is 5.57 Å². The standard InChI is InChI=1S/C19H26BrCl/c1-6-8-9-17-18(20)11-16(12-19(17)21)15(5)14(4)10-13(3)7-2/h11-12,14H,3,5-10H2,1-2,4H3. The molecule has 0 amide bonds. The highest BCUT2D eigenvalue weighted by atomic mass is 79.9. The summed E-state index contributed by atoms with van der Waals surface area (Å²) in [4.78, 5) is 0. The summed E-state index contributed by atoms with van der Waals surface area (Å²) in [5.41, 5.74) is 4.74. The zero-order valence-corrected chi connectivity index (χ0v) is 15.8. The summed E-state index contributed by atoms with van der Waals surface area (Å²) in [5.74, 6) is 0.391. The summed E-state index contributed by atoms with van der Waals surface area (Å²) in [6, 6.07) is 4.22. The van der Waals surface area contributed by atoms with Crippen molar-refractivity contribution in [3.05, 3.63) is 51.5 Å². The van der Waals surface area contributed by atoms with Gasteiger partial charge >= 0.3 is 0 Å². The van der Waals surface area contributed by atoms with E-state index in [4.69, 9.17) is 11.6 Å². The lowest BCUT2D eigenvalue weighted by molar-refractivity contribution is 0.720. The molecule has 0 saturated heterocycles. The smallest absolute Gasteiger partial charge is 0.0455 e. The summed E-state index contributed by atoms with van der Waals surface area (Å²) in [6.45, 7) is 14.9. The Morgan fingerprint density at radius 3 is 2.48 bits per heavy atom. The molecule has 0 heterocycles. The van der Waals surface area contributed by atoms with Crippen molar-refractivity contribution in [3.63, 3.8) is 0 Å². The molecule has 0 nitrogen and oxygen atoms in total. The fourth-order valence-electron chi connectivity index (χ4n) is 2.37. The molecule has 0 radical (unpaired) electrons. The summed E-state index contributed by atoms with van der Waals surface area (Å²) in [7, 11) is 0. The van der Waals surface area contributed by atoms with Gasteiger partial charge in [0.1, 0.15) is 0 Å². The van der Waals surface area contributed by atoms with Gasteiger partial charge < -0.3 is 0 Å². The normalized spacial score (nSPS) is 12.2. The van der Waals surface area contributed by atoms with Crippen LogP contribution in [0, 0.1) is 5.92 Å². The minimum atomic E-state index is 0.391. The maximum absolute atomic E-state index is 6.46. The maximum Gasteiger partial charge on any atom is 0.0455 e. The fraction of sp³-hybridized carbons (Fsp3) is 0.474. The van der Waals surface area contributed by atoms with E-state index in [0.717, 1.165) is 46.3 Å². The first-order valence-electron chi connectivity index (χ1n) is 7.74. The van der Waals surface area contributed by atoms with E-state index in [9.17, 15) is 0 Å². The maximum atomic E-state index is 6.46. The number of unbranched alkanes of at least 4 members (excludes halogenated alkanes) is 1. The molecule has 0 spiro atoms. The lowest BCUT2D eigenvalue weighted by atomic mass is 9.89. The van der Waals surface area contributed by atoms with Crippen molar-refractivity contribution in [2.24, 2.45) is 5.92 Å². The van der Waals surface area contributed by atoms with Gasteiger partial charge in [-0.1, -0.05) is 73.5 Å². The second-order valence-electron chi connectivity index (χ2n) is 5.76. The zero-order valence-electron chi connectivity index (χ0n) is 13.4. The number of hydrogen-bond donors (Lipinski definition) is 0. The lowest BCUT2D eigenvalue weighted by Crippen LogP contribution is -2.00. The van der Waals surface area contributed by atoms with Crippen LogP contribution in [0.3, 0.4) is 0 Å². The third-order valence-corrected chi connectivity index (χ3v) is 5.03. The van der Waals surface area contributed by atoms with Crippen LogP contribution < -0.4 is 0 Å². The first kappa shape index (κ1) is 18.5. The van der Waals surface area contributed by atoms with Crippen LogP contribution in [-0.4, -0.2) is 0 Å². The third kappa shape index (κ3) is 5.30. The van der Waals surface area contributed by atoms with Crippen molar-refractivity contribution in [1.82, 2.24) is 0 Å². The lowest BCUT2D eigenvalue weighted by Gasteiger charge is -2.18.